The smallest absolute Gasteiger partial charge is 0.257 e. The van der Waals surface area contributed by atoms with Gasteiger partial charge in [-0.1, -0.05) is 53.7 Å². The summed E-state index contributed by atoms with van der Waals surface area (Å²) in [7, 11) is 1.78. The number of hydrogen-bond donors (Lipinski definition) is 1. The normalized spacial score (nSPS) is 11.1. The highest BCUT2D eigenvalue weighted by Gasteiger charge is 2.13. The van der Waals surface area contributed by atoms with Crippen LogP contribution < -0.4 is 10.9 Å². The number of unbranched alkanes of at least 4 members (excludes halogenated alkanes) is 1. The summed E-state index contributed by atoms with van der Waals surface area (Å²) in [6, 6.07) is 8.00. The number of carbonyl (C=O) groups excluding carboxylic acids is 1. The lowest BCUT2D eigenvalue weighted by molar-refractivity contribution is -0.121. The Morgan fingerprint density at radius 2 is 1.93 bits per heavy atom. The predicted molar refractivity (Wildman–Crippen MR) is 124 cm³/mol. The number of aromatic nitrogens is 2. The van der Waals surface area contributed by atoms with Crippen LogP contribution in [0.15, 0.2) is 38.7 Å². The summed E-state index contributed by atoms with van der Waals surface area (Å²) in [5, 5.41) is 3.67. The van der Waals surface area contributed by atoms with Crippen molar-refractivity contribution in [1.82, 2.24) is 14.9 Å². The zero-order valence-electron chi connectivity index (χ0n) is 17.6. The molecule has 0 spiro atoms. The molecular weight excluding hydrogens is 450 g/mol. The van der Waals surface area contributed by atoms with E-state index >= 15 is 0 Å². The number of rotatable bonds is 10. The molecule has 0 atom stereocenters. The average Bonchev–Trinajstić information content (AvgIpc) is 2.68. The summed E-state index contributed by atoms with van der Waals surface area (Å²) < 4.78 is 2.66. The van der Waals surface area contributed by atoms with E-state index < -0.39 is 0 Å². The molecule has 0 saturated heterocycles. The standard InChI is InChI=1S/C22H30BrN3O2S/c1-15(2)14-24-20(27)7-5-6-12-29-22-25-16(3)19(21(28)26(22)4)13-17-8-10-18(23)11-9-17/h8-11,15H,5-7,12-14H2,1-4H3,(H,24,27). The highest BCUT2D eigenvalue weighted by molar-refractivity contribution is 9.10. The Morgan fingerprint density at radius 3 is 2.59 bits per heavy atom. The molecule has 0 fully saturated rings. The van der Waals surface area contributed by atoms with Crippen LogP contribution in [0.25, 0.3) is 0 Å². The number of benzene rings is 1. The minimum absolute atomic E-state index is 0.0102. The van der Waals surface area contributed by atoms with Crippen LogP contribution in [0.1, 0.15) is 49.9 Å². The summed E-state index contributed by atoms with van der Waals surface area (Å²) >= 11 is 5.01. The lowest BCUT2D eigenvalue weighted by atomic mass is 10.1. The van der Waals surface area contributed by atoms with E-state index in [9.17, 15) is 9.59 Å². The predicted octanol–water partition coefficient (Wildman–Crippen LogP) is 4.48. The van der Waals surface area contributed by atoms with Crippen LogP contribution in [-0.4, -0.2) is 27.8 Å². The molecule has 0 unspecified atom stereocenters. The van der Waals surface area contributed by atoms with Gasteiger partial charge in [-0.15, -0.1) is 0 Å². The third kappa shape index (κ3) is 7.63. The fraction of sp³-hybridized carbons (Fsp3) is 0.500. The summed E-state index contributed by atoms with van der Waals surface area (Å²) in [4.78, 5) is 29.3. The molecular formula is C22H30BrN3O2S. The minimum Gasteiger partial charge on any atom is -0.356 e. The van der Waals surface area contributed by atoms with Crippen LogP contribution in [-0.2, 0) is 18.3 Å². The third-order valence-electron chi connectivity index (χ3n) is 4.58. The molecule has 0 aliphatic carbocycles. The highest BCUT2D eigenvalue weighted by atomic mass is 79.9. The molecule has 0 aliphatic rings. The van der Waals surface area contributed by atoms with Crippen LogP contribution in [0.5, 0.6) is 0 Å². The lowest BCUT2D eigenvalue weighted by Gasteiger charge is -2.12. The quantitative estimate of drug-likeness (QED) is 0.310. The summed E-state index contributed by atoms with van der Waals surface area (Å²) in [6.07, 6.45) is 2.88. The zero-order chi connectivity index (χ0) is 21.4. The van der Waals surface area contributed by atoms with E-state index in [1.165, 1.54) is 0 Å². The average molecular weight is 480 g/mol. The van der Waals surface area contributed by atoms with Gasteiger partial charge in [-0.25, -0.2) is 4.98 Å². The second-order valence-corrected chi connectivity index (χ2v) is 9.61. The second kappa shape index (κ2) is 11.6. The number of aryl methyl sites for hydroxylation is 1. The number of carbonyl (C=O) groups is 1. The Balaban J connectivity index is 1.90. The molecule has 2 aromatic rings. The molecule has 1 aromatic heterocycles. The Bertz CT molecular complexity index is 879. The Morgan fingerprint density at radius 1 is 1.24 bits per heavy atom. The molecule has 1 N–H and O–H groups in total. The minimum atomic E-state index is 0.0102. The Labute approximate surface area is 185 Å². The van der Waals surface area contributed by atoms with Crippen LogP contribution in [0.2, 0.25) is 0 Å². The van der Waals surface area contributed by atoms with Crippen LogP contribution in [0.4, 0.5) is 0 Å². The first-order valence-corrected chi connectivity index (χ1v) is 11.8. The van der Waals surface area contributed by atoms with Crippen molar-refractivity contribution in [3.8, 4) is 0 Å². The van der Waals surface area contributed by atoms with Crippen molar-refractivity contribution in [2.45, 2.75) is 51.6 Å². The lowest BCUT2D eigenvalue weighted by Crippen LogP contribution is -2.27. The van der Waals surface area contributed by atoms with Crippen molar-refractivity contribution in [3.05, 3.63) is 55.9 Å². The fourth-order valence-corrected chi connectivity index (χ4v) is 4.10. The van der Waals surface area contributed by atoms with Gasteiger partial charge in [0.25, 0.3) is 5.56 Å². The molecule has 1 amide bonds. The van der Waals surface area contributed by atoms with Gasteiger partial charge < -0.3 is 5.32 Å². The zero-order valence-corrected chi connectivity index (χ0v) is 20.0. The van der Waals surface area contributed by atoms with E-state index in [2.05, 4.69) is 40.1 Å². The van der Waals surface area contributed by atoms with Gasteiger partial charge in [0.1, 0.15) is 0 Å². The maximum absolute atomic E-state index is 12.8. The van der Waals surface area contributed by atoms with E-state index in [1.54, 1.807) is 23.4 Å². The fourth-order valence-electron chi connectivity index (χ4n) is 2.83. The molecule has 29 heavy (non-hydrogen) atoms. The van der Waals surface area contributed by atoms with Gasteiger partial charge in [-0.05, 0) is 43.4 Å². The molecule has 5 nitrogen and oxygen atoms in total. The molecule has 0 aliphatic heterocycles. The maximum Gasteiger partial charge on any atom is 0.257 e. The number of hydrogen-bond acceptors (Lipinski definition) is 4. The molecule has 1 aromatic carbocycles. The van der Waals surface area contributed by atoms with Crippen LogP contribution in [0.3, 0.4) is 0 Å². The Hall–Kier alpha value is -1.60. The molecule has 2 rings (SSSR count). The van der Waals surface area contributed by atoms with Gasteiger partial charge in [0, 0.05) is 47.9 Å². The molecule has 1 heterocycles. The first kappa shape index (κ1) is 23.7. The summed E-state index contributed by atoms with van der Waals surface area (Å²) in [5.41, 5.74) is 2.62. The first-order valence-electron chi connectivity index (χ1n) is 9.98. The van der Waals surface area contributed by atoms with E-state index in [0.717, 1.165) is 51.6 Å². The second-order valence-electron chi connectivity index (χ2n) is 7.63. The van der Waals surface area contributed by atoms with Gasteiger partial charge >= 0.3 is 0 Å². The summed E-state index contributed by atoms with van der Waals surface area (Å²) in [5.74, 6) is 1.42. The van der Waals surface area contributed by atoms with Crippen molar-refractivity contribution in [2.24, 2.45) is 13.0 Å². The van der Waals surface area contributed by atoms with Crippen molar-refractivity contribution < 1.29 is 4.79 Å². The largest absolute Gasteiger partial charge is 0.356 e. The molecule has 7 heteroatoms. The molecule has 0 bridgehead atoms. The van der Waals surface area contributed by atoms with Crippen LogP contribution in [0, 0.1) is 12.8 Å². The van der Waals surface area contributed by atoms with Crippen molar-refractivity contribution in [1.29, 1.82) is 0 Å². The topological polar surface area (TPSA) is 64.0 Å². The summed E-state index contributed by atoms with van der Waals surface area (Å²) in [6.45, 7) is 6.80. The highest BCUT2D eigenvalue weighted by Crippen LogP contribution is 2.19. The number of thioether (sulfide) groups is 1. The Kier molecular flexibility index (Phi) is 9.43. The van der Waals surface area contributed by atoms with Gasteiger partial charge in [0.15, 0.2) is 5.16 Å². The van der Waals surface area contributed by atoms with Crippen LogP contribution >= 0.6 is 27.7 Å². The number of nitrogens with zero attached hydrogens (tertiary/aromatic N) is 2. The molecule has 158 valence electrons. The van der Waals surface area contributed by atoms with E-state index in [4.69, 9.17) is 0 Å². The molecule has 0 radical (unpaired) electrons. The number of nitrogens with one attached hydrogen (secondary N) is 1. The van der Waals surface area contributed by atoms with Gasteiger partial charge in [0.2, 0.25) is 5.91 Å². The SMILES string of the molecule is Cc1nc(SCCCCC(=O)NCC(C)C)n(C)c(=O)c1Cc1ccc(Br)cc1. The first-order chi connectivity index (χ1) is 13.8. The number of amides is 1. The van der Waals surface area contributed by atoms with Crippen molar-refractivity contribution in [2.75, 3.05) is 12.3 Å². The van der Waals surface area contributed by atoms with E-state index in [0.29, 0.717) is 18.8 Å². The van der Waals surface area contributed by atoms with Crippen molar-refractivity contribution >= 4 is 33.6 Å². The van der Waals surface area contributed by atoms with Gasteiger partial charge in [-0.2, -0.15) is 0 Å². The van der Waals surface area contributed by atoms with E-state index in [1.807, 2.05) is 31.2 Å². The monoisotopic (exact) mass is 479 g/mol. The van der Waals surface area contributed by atoms with Crippen molar-refractivity contribution in [3.63, 3.8) is 0 Å². The van der Waals surface area contributed by atoms with Gasteiger partial charge in [0.05, 0.1) is 0 Å². The number of halogens is 1. The maximum atomic E-state index is 12.8. The third-order valence-corrected chi connectivity index (χ3v) is 6.23. The van der Waals surface area contributed by atoms with E-state index in [-0.39, 0.29) is 11.5 Å². The molecule has 0 saturated carbocycles. The van der Waals surface area contributed by atoms with Gasteiger partial charge in [-0.3, -0.25) is 14.2 Å².